The van der Waals surface area contributed by atoms with Crippen LogP contribution < -0.4 is 5.32 Å². The quantitative estimate of drug-likeness (QED) is 0.816. The molecule has 2 aromatic rings. The van der Waals surface area contributed by atoms with E-state index in [9.17, 15) is 0 Å². The summed E-state index contributed by atoms with van der Waals surface area (Å²) in [5.74, 6) is 0. The lowest BCUT2D eigenvalue weighted by atomic mass is 10.2. The first-order chi connectivity index (χ1) is 8.56. The average Bonchev–Trinajstić information content (AvgIpc) is 2.75. The molecule has 1 N–H and O–H groups in total. The zero-order chi connectivity index (χ0) is 13.1. The Kier molecular flexibility index (Phi) is 4.68. The van der Waals surface area contributed by atoms with Crippen LogP contribution in [0.2, 0.25) is 10.0 Å². The highest BCUT2D eigenvalue weighted by Gasteiger charge is 2.07. The van der Waals surface area contributed by atoms with E-state index in [1.54, 1.807) is 17.4 Å². The second-order valence-corrected chi connectivity index (χ2v) is 6.44. The van der Waals surface area contributed by atoms with Gasteiger partial charge in [-0.2, -0.15) is 0 Å². The van der Waals surface area contributed by atoms with Gasteiger partial charge in [0.1, 0.15) is 0 Å². The lowest BCUT2D eigenvalue weighted by molar-refractivity contribution is 0.593. The molecule has 1 heterocycles. The summed E-state index contributed by atoms with van der Waals surface area (Å²) in [6.07, 6.45) is 0. The topological polar surface area (TPSA) is 12.0 Å². The van der Waals surface area contributed by atoms with Crippen LogP contribution in [0.3, 0.4) is 0 Å². The maximum Gasteiger partial charge on any atom is 0.0507 e. The molecule has 0 saturated heterocycles. The molecule has 0 bridgehead atoms. The molecule has 2 rings (SSSR count). The number of nitrogens with one attached hydrogen (secondary N) is 1. The Morgan fingerprint density at radius 1 is 1.17 bits per heavy atom. The van der Waals surface area contributed by atoms with Crippen molar-refractivity contribution < 1.29 is 0 Å². The first kappa shape index (κ1) is 13.9. The fourth-order valence-electron chi connectivity index (χ4n) is 1.61. The summed E-state index contributed by atoms with van der Waals surface area (Å²) in [5, 5.41) is 4.78. The normalized spacial score (nSPS) is 11.2. The van der Waals surface area contributed by atoms with Gasteiger partial charge in [-0.25, -0.2) is 0 Å². The van der Waals surface area contributed by atoms with Crippen molar-refractivity contribution in [3.8, 4) is 10.4 Å². The Morgan fingerprint density at radius 3 is 2.61 bits per heavy atom. The number of rotatable bonds is 4. The molecule has 0 aliphatic carbocycles. The van der Waals surface area contributed by atoms with Crippen LogP contribution in [0, 0.1) is 0 Å². The molecule has 1 nitrogen and oxygen atoms in total. The number of halogens is 2. The first-order valence-electron chi connectivity index (χ1n) is 5.84. The Labute approximate surface area is 122 Å². The van der Waals surface area contributed by atoms with E-state index >= 15 is 0 Å². The molecule has 0 saturated carbocycles. The van der Waals surface area contributed by atoms with E-state index in [1.807, 2.05) is 12.1 Å². The predicted octanol–water partition coefficient (Wildman–Crippen LogP) is 5.22. The maximum absolute atomic E-state index is 6.21. The second kappa shape index (κ2) is 6.07. The molecule has 0 spiro atoms. The molecule has 0 aliphatic rings. The minimum absolute atomic E-state index is 0.495. The van der Waals surface area contributed by atoms with Gasteiger partial charge >= 0.3 is 0 Å². The van der Waals surface area contributed by atoms with Gasteiger partial charge in [0.15, 0.2) is 0 Å². The smallest absolute Gasteiger partial charge is 0.0507 e. The number of hydrogen-bond donors (Lipinski definition) is 1. The number of hydrogen-bond acceptors (Lipinski definition) is 2. The largest absolute Gasteiger partial charge is 0.310 e. The second-order valence-electron chi connectivity index (χ2n) is 4.43. The standard InChI is InChI=1S/C14H15Cl2NS/c1-9(2)17-8-11-4-6-14(18-11)12-5-3-10(15)7-13(12)16/h3-7,9,17H,8H2,1-2H3. The van der Waals surface area contributed by atoms with Crippen LogP contribution in [0.25, 0.3) is 10.4 Å². The van der Waals surface area contributed by atoms with Gasteiger partial charge < -0.3 is 5.32 Å². The molecule has 18 heavy (non-hydrogen) atoms. The molecule has 0 unspecified atom stereocenters. The van der Waals surface area contributed by atoms with Crippen molar-refractivity contribution in [1.29, 1.82) is 0 Å². The van der Waals surface area contributed by atoms with Gasteiger partial charge in [0.2, 0.25) is 0 Å². The van der Waals surface area contributed by atoms with Crippen molar-refractivity contribution in [2.24, 2.45) is 0 Å². The average molecular weight is 300 g/mol. The fraction of sp³-hybridized carbons (Fsp3) is 0.286. The van der Waals surface area contributed by atoms with Crippen LogP contribution in [-0.4, -0.2) is 6.04 Å². The van der Waals surface area contributed by atoms with Gasteiger partial charge in [-0.1, -0.05) is 43.1 Å². The van der Waals surface area contributed by atoms with Crippen LogP contribution >= 0.6 is 34.5 Å². The number of benzene rings is 1. The molecular formula is C14H15Cl2NS. The minimum atomic E-state index is 0.495. The maximum atomic E-state index is 6.21. The SMILES string of the molecule is CC(C)NCc1ccc(-c2ccc(Cl)cc2Cl)s1. The van der Waals surface area contributed by atoms with Gasteiger partial charge in [0.05, 0.1) is 5.02 Å². The molecule has 0 radical (unpaired) electrons. The Hall–Kier alpha value is -0.540. The van der Waals surface area contributed by atoms with Crippen molar-refractivity contribution in [1.82, 2.24) is 5.32 Å². The molecular weight excluding hydrogens is 285 g/mol. The summed E-state index contributed by atoms with van der Waals surface area (Å²) in [7, 11) is 0. The van der Waals surface area contributed by atoms with Gasteiger partial charge in [-0.05, 0) is 24.3 Å². The summed E-state index contributed by atoms with van der Waals surface area (Å²) in [6.45, 7) is 5.18. The van der Waals surface area contributed by atoms with Crippen molar-refractivity contribution in [2.75, 3.05) is 0 Å². The molecule has 0 fully saturated rings. The van der Waals surface area contributed by atoms with Crippen LogP contribution in [0.4, 0.5) is 0 Å². The summed E-state index contributed by atoms with van der Waals surface area (Å²) in [4.78, 5) is 2.49. The highest BCUT2D eigenvalue weighted by atomic mass is 35.5. The van der Waals surface area contributed by atoms with Crippen LogP contribution in [-0.2, 0) is 6.54 Å². The lowest BCUT2D eigenvalue weighted by Gasteiger charge is -2.05. The minimum Gasteiger partial charge on any atom is -0.310 e. The van der Waals surface area contributed by atoms with Gasteiger partial charge in [0.25, 0.3) is 0 Å². The Morgan fingerprint density at radius 2 is 1.94 bits per heavy atom. The fourth-order valence-corrected chi connectivity index (χ4v) is 3.18. The van der Waals surface area contributed by atoms with Gasteiger partial charge in [-0.3, -0.25) is 0 Å². The zero-order valence-corrected chi connectivity index (χ0v) is 12.7. The van der Waals surface area contributed by atoms with E-state index in [-0.39, 0.29) is 0 Å². The van der Waals surface area contributed by atoms with E-state index in [2.05, 4.69) is 31.3 Å². The third-order valence-electron chi connectivity index (χ3n) is 2.54. The highest BCUT2D eigenvalue weighted by molar-refractivity contribution is 7.15. The van der Waals surface area contributed by atoms with Crippen LogP contribution in [0.1, 0.15) is 18.7 Å². The monoisotopic (exact) mass is 299 g/mol. The lowest BCUT2D eigenvalue weighted by Crippen LogP contribution is -2.21. The molecule has 1 aromatic carbocycles. The van der Waals surface area contributed by atoms with E-state index in [1.165, 1.54) is 9.75 Å². The van der Waals surface area contributed by atoms with E-state index in [0.717, 1.165) is 12.1 Å². The molecule has 0 atom stereocenters. The number of thiophene rings is 1. The van der Waals surface area contributed by atoms with Gasteiger partial charge in [-0.15, -0.1) is 11.3 Å². The van der Waals surface area contributed by atoms with E-state index in [4.69, 9.17) is 23.2 Å². The van der Waals surface area contributed by atoms with E-state index in [0.29, 0.717) is 16.1 Å². The van der Waals surface area contributed by atoms with E-state index < -0.39 is 0 Å². The molecule has 1 aromatic heterocycles. The zero-order valence-electron chi connectivity index (χ0n) is 10.3. The molecule has 4 heteroatoms. The third kappa shape index (κ3) is 3.48. The van der Waals surface area contributed by atoms with Crippen molar-refractivity contribution in [3.05, 3.63) is 45.3 Å². The van der Waals surface area contributed by atoms with Crippen molar-refractivity contribution in [2.45, 2.75) is 26.4 Å². The van der Waals surface area contributed by atoms with Crippen LogP contribution in [0.5, 0.6) is 0 Å². The van der Waals surface area contributed by atoms with Crippen molar-refractivity contribution in [3.63, 3.8) is 0 Å². The predicted molar refractivity (Wildman–Crippen MR) is 81.8 cm³/mol. The van der Waals surface area contributed by atoms with Crippen molar-refractivity contribution >= 4 is 34.5 Å². The van der Waals surface area contributed by atoms with Gasteiger partial charge in [0, 0.05) is 32.9 Å². The molecule has 0 amide bonds. The Bertz CT molecular complexity index is 534. The molecule has 96 valence electrons. The highest BCUT2D eigenvalue weighted by Crippen LogP contribution is 2.34. The third-order valence-corrected chi connectivity index (χ3v) is 4.21. The summed E-state index contributed by atoms with van der Waals surface area (Å²) in [5.41, 5.74) is 1.04. The Balaban J connectivity index is 2.18. The summed E-state index contributed by atoms with van der Waals surface area (Å²) < 4.78 is 0. The van der Waals surface area contributed by atoms with Crippen LogP contribution in [0.15, 0.2) is 30.3 Å². The first-order valence-corrected chi connectivity index (χ1v) is 7.41. The summed E-state index contributed by atoms with van der Waals surface area (Å²) in [6, 6.07) is 10.4. The molecule has 0 aliphatic heterocycles. The summed E-state index contributed by atoms with van der Waals surface area (Å²) >= 11 is 13.9.